The molecule has 1 saturated heterocycles. The zero-order valence-electron chi connectivity index (χ0n) is 23.6. The topological polar surface area (TPSA) is 63.2 Å². The Balaban J connectivity index is 1.47. The Hall–Kier alpha value is -3.46. The highest BCUT2D eigenvalue weighted by Crippen LogP contribution is 2.33. The van der Waals surface area contributed by atoms with Crippen LogP contribution in [0.4, 0.5) is 0 Å². The SMILES string of the molecule is CC(=O)SC[C@H]1O[C@@H](Oc2ccccc2)[C@H](OCc2ccccc2)[C@@H](OCc2ccccc2)[C@@H]1OCc1ccccc1. The first kappa shape index (κ1) is 30.0. The summed E-state index contributed by atoms with van der Waals surface area (Å²) in [6.07, 6.45) is -3.01. The molecule has 42 heavy (non-hydrogen) atoms. The van der Waals surface area contributed by atoms with Crippen LogP contribution in [-0.4, -0.2) is 41.6 Å². The van der Waals surface area contributed by atoms with E-state index < -0.39 is 30.7 Å². The number of carbonyl (C=O) groups excluding carboxylic acids is 1. The van der Waals surface area contributed by atoms with Crippen LogP contribution in [0.1, 0.15) is 23.6 Å². The van der Waals surface area contributed by atoms with E-state index in [1.165, 1.54) is 11.8 Å². The molecule has 4 aromatic carbocycles. The zero-order valence-corrected chi connectivity index (χ0v) is 24.4. The highest BCUT2D eigenvalue weighted by Gasteiger charge is 2.49. The van der Waals surface area contributed by atoms with Gasteiger partial charge < -0.3 is 23.7 Å². The van der Waals surface area contributed by atoms with E-state index in [0.717, 1.165) is 16.7 Å². The molecule has 1 aliphatic heterocycles. The smallest absolute Gasteiger partial charge is 0.229 e. The molecule has 0 bridgehead atoms. The molecule has 0 saturated carbocycles. The number of benzene rings is 4. The minimum Gasteiger partial charge on any atom is -0.462 e. The highest BCUT2D eigenvalue weighted by atomic mass is 32.2. The lowest BCUT2D eigenvalue weighted by molar-refractivity contribution is -0.299. The molecule has 4 aromatic rings. The summed E-state index contributed by atoms with van der Waals surface area (Å²) in [6, 6.07) is 39.5. The second-order valence-electron chi connectivity index (χ2n) is 10.1. The van der Waals surface area contributed by atoms with Crippen LogP contribution in [0, 0.1) is 0 Å². The molecule has 6 nitrogen and oxygen atoms in total. The minimum atomic E-state index is -0.800. The third-order valence-electron chi connectivity index (χ3n) is 6.89. The number of thioether (sulfide) groups is 1. The van der Waals surface area contributed by atoms with Gasteiger partial charge in [-0.25, -0.2) is 0 Å². The maximum absolute atomic E-state index is 12.0. The summed E-state index contributed by atoms with van der Waals surface area (Å²) in [5.74, 6) is 1.04. The quantitative estimate of drug-likeness (QED) is 0.171. The van der Waals surface area contributed by atoms with E-state index in [1.807, 2.05) is 121 Å². The van der Waals surface area contributed by atoms with Gasteiger partial charge in [0.05, 0.1) is 19.8 Å². The van der Waals surface area contributed by atoms with Gasteiger partial charge in [-0.15, -0.1) is 0 Å². The normalized spacial score (nSPS) is 22.0. The van der Waals surface area contributed by atoms with Crippen LogP contribution < -0.4 is 4.74 Å². The summed E-state index contributed by atoms with van der Waals surface area (Å²) < 4.78 is 32.8. The monoisotopic (exact) mass is 584 g/mol. The molecule has 1 fully saturated rings. The second kappa shape index (κ2) is 15.7. The van der Waals surface area contributed by atoms with E-state index in [-0.39, 0.29) is 5.12 Å². The van der Waals surface area contributed by atoms with Gasteiger partial charge in [-0.05, 0) is 28.8 Å². The summed E-state index contributed by atoms with van der Waals surface area (Å²) in [5, 5.41) is 0.00476. The molecule has 7 heteroatoms. The molecule has 5 atom stereocenters. The lowest BCUT2D eigenvalue weighted by Gasteiger charge is -2.45. The maximum atomic E-state index is 12.0. The maximum Gasteiger partial charge on any atom is 0.229 e. The Morgan fingerprint density at radius 1 is 0.619 bits per heavy atom. The van der Waals surface area contributed by atoms with Crippen molar-refractivity contribution in [1.82, 2.24) is 0 Å². The fourth-order valence-corrected chi connectivity index (χ4v) is 5.47. The molecular formula is C35H36O6S. The number of hydrogen-bond acceptors (Lipinski definition) is 7. The Morgan fingerprint density at radius 2 is 1.05 bits per heavy atom. The molecule has 0 spiro atoms. The number of rotatable bonds is 13. The Labute approximate surface area is 251 Å². The van der Waals surface area contributed by atoms with Gasteiger partial charge in [-0.2, -0.15) is 0 Å². The van der Waals surface area contributed by atoms with Crippen molar-refractivity contribution in [3.05, 3.63) is 138 Å². The van der Waals surface area contributed by atoms with Gasteiger partial charge in [-0.1, -0.05) is 121 Å². The molecule has 0 aliphatic carbocycles. The van der Waals surface area contributed by atoms with Crippen LogP contribution in [-0.2, 0) is 43.6 Å². The van der Waals surface area contributed by atoms with E-state index in [4.69, 9.17) is 23.7 Å². The Kier molecular flexibility index (Phi) is 11.2. The standard InChI is InChI=1S/C35H36O6S/c1-26(36)42-25-31-32(37-22-27-14-6-2-7-15-27)33(38-23-28-16-8-3-9-17-28)34(39-24-29-18-10-4-11-19-29)35(41-31)40-30-20-12-5-13-21-30/h2-21,31-35H,22-25H2,1H3/t31-,32-,33+,34-,35-/m1/s1. The third kappa shape index (κ3) is 8.77. The first-order valence-corrected chi connectivity index (χ1v) is 15.1. The average molecular weight is 585 g/mol. The lowest BCUT2D eigenvalue weighted by atomic mass is 9.98. The van der Waals surface area contributed by atoms with Crippen LogP contribution in [0.3, 0.4) is 0 Å². The fourth-order valence-electron chi connectivity index (χ4n) is 4.81. The summed E-state index contributed by atoms with van der Waals surface area (Å²) in [6.45, 7) is 2.61. The van der Waals surface area contributed by atoms with E-state index in [1.54, 1.807) is 6.92 Å². The van der Waals surface area contributed by atoms with Gasteiger partial charge in [0.2, 0.25) is 6.29 Å². The predicted octanol–water partition coefficient (Wildman–Crippen LogP) is 6.83. The number of carbonyl (C=O) groups is 1. The largest absolute Gasteiger partial charge is 0.462 e. The zero-order chi connectivity index (χ0) is 29.0. The molecule has 0 aromatic heterocycles. The van der Waals surface area contributed by atoms with Crippen molar-refractivity contribution >= 4 is 16.9 Å². The highest BCUT2D eigenvalue weighted by molar-refractivity contribution is 8.13. The first-order chi connectivity index (χ1) is 20.7. The van der Waals surface area contributed by atoms with Gasteiger partial charge in [-0.3, -0.25) is 4.79 Å². The predicted molar refractivity (Wildman–Crippen MR) is 164 cm³/mol. The molecule has 1 heterocycles. The number of hydrogen-bond donors (Lipinski definition) is 0. The molecule has 0 N–H and O–H groups in total. The van der Waals surface area contributed by atoms with Crippen molar-refractivity contribution in [2.45, 2.75) is 57.5 Å². The van der Waals surface area contributed by atoms with Crippen molar-refractivity contribution in [3.8, 4) is 5.75 Å². The van der Waals surface area contributed by atoms with E-state index in [0.29, 0.717) is 31.3 Å². The Morgan fingerprint density at radius 3 is 1.52 bits per heavy atom. The Bertz CT molecular complexity index is 1340. The minimum absolute atomic E-state index is 0.00476. The summed E-state index contributed by atoms with van der Waals surface area (Å²) in [7, 11) is 0. The van der Waals surface area contributed by atoms with Crippen LogP contribution in [0.5, 0.6) is 5.75 Å². The van der Waals surface area contributed by atoms with Gasteiger partial charge in [0.15, 0.2) is 5.12 Å². The third-order valence-corrected chi connectivity index (χ3v) is 7.80. The molecular weight excluding hydrogens is 548 g/mol. The summed E-state index contributed by atoms with van der Waals surface area (Å²) >= 11 is 1.20. The molecule has 0 radical (unpaired) electrons. The van der Waals surface area contributed by atoms with Crippen molar-refractivity contribution in [1.29, 1.82) is 0 Å². The molecule has 0 unspecified atom stereocenters. The molecule has 0 amide bonds. The number of ether oxygens (including phenoxy) is 5. The van der Waals surface area contributed by atoms with E-state index in [9.17, 15) is 4.79 Å². The fraction of sp³-hybridized carbons (Fsp3) is 0.286. The van der Waals surface area contributed by atoms with Crippen molar-refractivity contribution < 1.29 is 28.5 Å². The van der Waals surface area contributed by atoms with Crippen LogP contribution >= 0.6 is 11.8 Å². The van der Waals surface area contributed by atoms with Crippen LogP contribution in [0.25, 0.3) is 0 Å². The van der Waals surface area contributed by atoms with Gasteiger partial charge in [0.25, 0.3) is 0 Å². The van der Waals surface area contributed by atoms with Crippen LogP contribution in [0.15, 0.2) is 121 Å². The van der Waals surface area contributed by atoms with Gasteiger partial charge >= 0.3 is 0 Å². The molecule has 218 valence electrons. The molecule has 1 aliphatic rings. The van der Waals surface area contributed by atoms with Crippen molar-refractivity contribution in [2.24, 2.45) is 0 Å². The van der Waals surface area contributed by atoms with Gasteiger partial charge in [0, 0.05) is 12.7 Å². The summed E-state index contributed by atoms with van der Waals surface area (Å²) in [4.78, 5) is 12.0. The van der Waals surface area contributed by atoms with E-state index in [2.05, 4.69) is 0 Å². The first-order valence-electron chi connectivity index (χ1n) is 14.1. The summed E-state index contributed by atoms with van der Waals surface area (Å²) in [5.41, 5.74) is 3.08. The number of para-hydroxylation sites is 1. The van der Waals surface area contributed by atoms with E-state index >= 15 is 0 Å². The van der Waals surface area contributed by atoms with Gasteiger partial charge in [0.1, 0.15) is 30.2 Å². The lowest BCUT2D eigenvalue weighted by Crippen LogP contribution is -2.62. The second-order valence-corrected chi connectivity index (χ2v) is 11.3. The molecule has 5 rings (SSSR count). The van der Waals surface area contributed by atoms with Crippen molar-refractivity contribution in [3.63, 3.8) is 0 Å². The average Bonchev–Trinajstić information content (AvgIpc) is 3.03. The van der Waals surface area contributed by atoms with Crippen LogP contribution in [0.2, 0.25) is 0 Å². The van der Waals surface area contributed by atoms with Crippen molar-refractivity contribution in [2.75, 3.05) is 5.75 Å².